The Hall–Kier alpha value is -2.47. The van der Waals surface area contributed by atoms with Crippen molar-refractivity contribution in [3.63, 3.8) is 0 Å². The van der Waals surface area contributed by atoms with Crippen molar-refractivity contribution >= 4 is 33.7 Å². The summed E-state index contributed by atoms with van der Waals surface area (Å²) in [6.45, 7) is 3.96. The molecule has 2 aromatic carbocycles. The van der Waals surface area contributed by atoms with E-state index in [1.54, 1.807) is 25.1 Å². The van der Waals surface area contributed by atoms with Crippen LogP contribution < -0.4 is 0 Å². The first kappa shape index (κ1) is 18.9. The third-order valence-electron chi connectivity index (χ3n) is 3.45. The highest BCUT2D eigenvalue weighted by atomic mass is 79.9. The Morgan fingerprint density at radius 2 is 1.72 bits per heavy atom. The van der Waals surface area contributed by atoms with E-state index in [-0.39, 0.29) is 5.90 Å². The third-order valence-corrected chi connectivity index (χ3v) is 3.98. The lowest BCUT2D eigenvalue weighted by molar-refractivity contribution is 0.0599. The molecule has 0 unspecified atom stereocenters. The molecule has 0 fully saturated rings. The minimum atomic E-state index is -0.440. The summed E-state index contributed by atoms with van der Waals surface area (Å²) in [5, 5.41) is 0. The predicted molar refractivity (Wildman–Crippen MR) is 99.2 cm³/mol. The van der Waals surface area contributed by atoms with Gasteiger partial charge in [-0.1, -0.05) is 15.9 Å². The number of amides is 1. The minimum Gasteiger partial charge on any atom is -0.477 e. The zero-order valence-electron chi connectivity index (χ0n) is 14.2. The number of carbonyl (C=O) groups is 2. The molecule has 130 valence electrons. The Balaban J connectivity index is 2.33. The molecule has 0 N–H and O–H groups in total. The van der Waals surface area contributed by atoms with Gasteiger partial charge in [0.15, 0.2) is 0 Å². The lowest BCUT2D eigenvalue weighted by Gasteiger charge is -2.08. The molecule has 0 bridgehead atoms. The number of hydrogen-bond acceptors (Lipinski definition) is 4. The molecule has 2 aromatic rings. The molecular formula is C19H18BrNO4. The van der Waals surface area contributed by atoms with E-state index in [9.17, 15) is 9.59 Å². The van der Waals surface area contributed by atoms with E-state index >= 15 is 0 Å². The summed E-state index contributed by atoms with van der Waals surface area (Å²) in [6, 6.07) is 12.1. The van der Waals surface area contributed by atoms with Crippen molar-refractivity contribution in [1.82, 2.24) is 0 Å². The van der Waals surface area contributed by atoms with Gasteiger partial charge in [0.1, 0.15) is 0 Å². The zero-order valence-corrected chi connectivity index (χ0v) is 15.8. The fourth-order valence-electron chi connectivity index (χ4n) is 2.20. The molecule has 5 nitrogen and oxygen atoms in total. The summed E-state index contributed by atoms with van der Waals surface area (Å²) in [6.07, 6.45) is 0. The molecule has 0 spiro atoms. The van der Waals surface area contributed by atoms with E-state index < -0.39 is 11.9 Å². The number of nitrogens with zero attached hydrogens (tertiary/aromatic N) is 1. The molecule has 6 heteroatoms. The molecule has 0 aliphatic carbocycles. The molecule has 2 rings (SSSR count). The van der Waals surface area contributed by atoms with Crippen molar-refractivity contribution in [2.24, 2.45) is 4.99 Å². The largest absolute Gasteiger partial charge is 0.477 e. The van der Waals surface area contributed by atoms with Crippen LogP contribution in [0.1, 0.15) is 38.8 Å². The van der Waals surface area contributed by atoms with Crippen molar-refractivity contribution < 1.29 is 19.1 Å². The number of methoxy groups -OCH3 is 1. The number of aryl methyl sites for hydroxylation is 1. The second kappa shape index (κ2) is 8.58. The van der Waals surface area contributed by atoms with Crippen LogP contribution in [0.2, 0.25) is 0 Å². The van der Waals surface area contributed by atoms with E-state index in [1.807, 2.05) is 31.2 Å². The molecule has 0 saturated heterocycles. The summed E-state index contributed by atoms with van der Waals surface area (Å²) in [5.41, 5.74) is 2.15. The molecule has 0 aromatic heterocycles. The molecule has 0 heterocycles. The molecule has 0 saturated carbocycles. The Morgan fingerprint density at radius 1 is 1.08 bits per heavy atom. The fraction of sp³-hybridized carbons (Fsp3) is 0.211. The molecular weight excluding hydrogens is 386 g/mol. The van der Waals surface area contributed by atoms with Crippen LogP contribution in [-0.2, 0) is 9.47 Å². The van der Waals surface area contributed by atoms with Crippen molar-refractivity contribution in [1.29, 1.82) is 0 Å². The smallest absolute Gasteiger partial charge is 0.338 e. The van der Waals surface area contributed by atoms with Gasteiger partial charge < -0.3 is 9.47 Å². The highest BCUT2D eigenvalue weighted by Gasteiger charge is 2.14. The van der Waals surface area contributed by atoms with Crippen molar-refractivity contribution in [2.45, 2.75) is 13.8 Å². The number of benzene rings is 2. The first-order chi connectivity index (χ1) is 12.0. The third kappa shape index (κ3) is 4.76. The average molecular weight is 404 g/mol. The Bertz CT molecular complexity index is 813. The number of carbonyl (C=O) groups excluding carboxylic acids is 2. The molecule has 1 amide bonds. The monoisotopic (exact) mass is 403 g/mol. The van der Waals surface area contributed by atoms with E-state index in [4.69, 9.17) is 9.47 Å². The fourth-order valence-corrected chi connectivity index (χ4v) is 2.47. The second-order valence-corrected chi connectivity index (χ2v) is 6.10. The Morgan fingerprint density at radius 3 is 2.28 bits per heavy atom. The normalized spacial score (nSPS) is 11.1. The van der Waals surface area contributed by atoms with E-state index in [0.717, 1.165) is 4.47 Å². The zero-order chi connectivity index (χ0) is 18.4. The first-order valence-electron chi connectivity index (χ1n) is 7.67. The van der Waals surface area contributed by atoms with Gasteiger partial charge in [0.25, 0.3) is 5.91 Å². The standard InChI is InChI=1S/C19H18BrNO4/c1-4-25-18(13-5-8-15(20)9-6-13)21-17(22)14-7-10-16(12(2)11-14)19(23)24-3/h5-11H,4H2,1-3H3. The van der Waals surface area contributed by atoms with E-state index in [1.165, 1.54) is 7.11 Å². The van der Waals surface area contributed by atoms with Crippen LogP contribution in [0, 0.1) is 6.92 Å². The average Bonchev–Trinajstić information content (AvgIpc) is 2.61. The SMILES string of the molecule is CCOC(=NC(=O)c1ccc(C(=O)OC)c(C)c1)c1ccc(Br)cc1. The minimum absolute atomic E-state index is 0.259. The molecule has 0 aliphatic rings. The molecule has 0 atom stereocenters. The second-order valence-electron chi connectivity index (χ2n) is 5.18. The maximum atomic E-state index is 12.5. The van der Waals surface area contributed by atoms with Crippen molar-refractivity contribution in [3.05, 3.63) is 69.2 Å². The summed E-state index contributed by atoms with van der Waals surface area (Å²) in [7, 11) is 1.32. The van der Waals surface area contributed by atoms with Gasteiger partial charge >= 0.3 is 5.97 Å². The predicted octanol–water partition coefficient (Wildman–Crippen LogP) is 4.17. The van der Waals surface area contributed by atoms with Crippen LogP contribution in [-0.4, -0.2) is 31.5 Å². The number of rotatable bonds is 4. The number of ether oxygens (including phenoxy) is 2. The van der Waals surface area contributed by atoms with Gasteiger partial charge in [0.2, 0.25) is 5.90 Å². The summed E-state index contributed by atoms with van der Waals surface area (Å²) >= 11 is 3.37. The maximum Gasteiger partial charge on any atom is 0.338 e. The van der Waals surface area contributed by atoms with E-state index in [2.05, 4.69) is 20.9 Å². The highest BCUT2D eigenvalue weighted by Crippen LogP contribution is 2.15. The van der Waals surface area contributed by atoms with Crippen molar-refractivity contribution in [3.8, 4) is 0 Å². The van der Waals surface area contributed by atoms with Gasteiger partial charge in [-0.05, 0) is 61.9 Å². The van der Waals surface area contributed by atoms with Gasteiger partial charge in [-0.25, -0.2) is 4.79 Å². The summed E-state index contributed by atoms with van der Waals surface area (Å²) in [4.78, 5) is 28.2. The van der Waals surface area contributed by atoms with Crippen LogP contribution in [0.5, 0.6) is 0 Å². The summed E-state index contributed by atoms with van der Waals surface area (Å²) in [5.74, 6) is -0.620. The molecule has 0 radical (unpaired) electrons. The van der Waals surface area contributed by atoms with Gasteiger partial charge in [-0.2, -0.15) is 4.99 Å². The van der Waals surface area contributed by atoms with Crippen LogP contribution in [0.3, 0.4) is 0 Å². The number of hydrogen-bond donors (Lipinski definition) is 0. The lowest BCUT2D eigenvalue weighted by Crippen LogP contribution is -2.11. The summed E-state index contributed by atoms with van der Waals surface area (Å²) < 4.78 is 11.1. The number of esters is 1. The Labute approximate surface area is 154 Å². The van der Waals surface area contributed by atoms with Crippen LogP contribution >= 0.6 is 15.9 Å². The van der Waals surface area contributed by atoms with Crippen molar-refractivity contribution in [2.75, 3.05) is 13.7 Å². The number of aliphatic imine (C=N–C) groups is 1. The molecule has 25 heavy (non-hydrogen) atoms. The van der Waals surface area contributed by atoms with Gasteiger partial charge in [0, 0.05) is 15.6 Å². The first-order valence-corrected chi connectivity index (χ1v) is 8.46. The van der Waals surface area contributed by atoms with Crippen LogP contribution in [0.4, 0.5) is 0 Å². The lowest BCUT2D eigenvalue weighted by atomic mass is 10.0. The van der Waals surface area contributed by atoms with Crippen LogP contribution in [0.15, 0.2) is 51.9 Å². The van der Waals surface area contributed by atoms with Crippen LogP contribution in [0.25, 0.3) is 0 Å². The highest BCUT2D eigenvalue weighted by molar-refractivity contribution is 9.10. The quantitative estimate of drug-likeness (QED) is 0.436. The van der Waals surface area contributed by atoms with Gasteiger partial charge in [-0.3, -0.25) is 4.79 Å². The number of halogens is 1. The topological polar surface area (TPSA) is 65.0 Å². The Kier molecular flexibility index (Phi) is 6.47. The maximum absolute atomic E-state index is 12.5. The van der Waals surface area contributed by atoms with E-state index in [0.29, 0.717) is 28.9 Å². The van der Waals surface area contributed by atoms with Gasteiger partial charge in [0.05, 0.1) is 19.3 Å². The molecule has 0 aliphatic heterocycles. The van der Waals surface area contributed by atoms with Gasteiger partial charge in [-0.15, -0.1) is 0 Å².